The van der Waals surface area contributed by atoms with E-state index in [1.54, 1.807) is 66.7 Å². The first-order chi connectivity index (χ1) is 20.3. The summed E-state index contributed by atoms with van der Waals surface area (Å²) in [5.74, 6) is -0.405. The highest BCUT2D eigenvalue weighted by atomic mass is 32.2. The second-order valence-corrected chi connectivity index (χ2v) is 13.0. The van der Waals surface area contributed by atoms with Gasteiger partial charge >= 0.3 is 0 Å². The van der Waals surface area contributed by atoms with Gasteiger partial charge in [0, 0.05) is 30.6 Å². The fraction of sp³-hybridized carbons (Fsp3) is 0.194. The number of nitrogens with zero attached hydrogens (tertiary/aromatic N) is 2. The van der Waals surface area contributed by atoms with Crippen LogP contribution in [0.5, 0.6) is 5.75 Å². The Labute approximate surface area is 247 Å². The Kier molecular flexibility index (Phi) is 7.82. The number of fused-ring (bicyclic) bond motifs is 3. The van der Waals surface area contributed by atoms with Gasteiger partial charge in [-0.3, -0.25) is 13.7 Å². The van der Waals surface area contributed by atoms with Crippen LogP contribution in [0.1, 0.15) is 33.8 Å². The highest BCUT2D eigenvalue weighted by molar-refractivity contribution is 7.89. The summed E-state index contributed by atoms with van der Waals surface area (Å²) in [5.41, 5.74) is 2.92. The molecule has 2 N–H and O–H groups in total. The minimum Gasteiger partial charge on any atom is -0.487 e. The van der Waals surface area contributed by atoms with Crippen LogP contribution in [0.4, 0.5) is 11.4 Å². The van der Waals surface area contributed by atoms with Gasteiger partial charge in [0.2, 0.25) is 10.0 Å². The molecule has 2 aliphatic heterocycles. The highest BCUT2D eigenvalue weighted by Gasteiger charge is 2.47. The van der Waals surface area contributed by atoms with Gasteiger partial charge in [-0.1, -0.05) is 66.7 Å². The molecule has 42 heavy (non-hydrogen) atoms. The first-order valence-corrected chi connectivity index (χ1v) is 16.0. The molecule has 11 heteroatoms. The Bertz CT molecular complexity index is 1720. The van der Waals surface area contributed by atoms with Gasteiger partial charge in [0.05, 0.1) is 22.3 Å². The van der Waals surface area contributed by atoms with E-state index in [-0.39, 0.29) is 30.5 Å². The second kappa shape index (κ2) is 11.7. The van der Waals surface area contributed by atoms with Crippen LogP contribution >= 0.6 is 0 Å². The first-order valence-electron chi connectivity index (χ1n) is 13.5. The second-order valence-electron chi connectivity index (χ2n) is 10.2. The van der Waals surface area contributed by atoms with Gasteiger partial charge in [-0.2, -0.15) is 4.31 Å². The fourth-order valence-electron chi connectivity index (χ4n) is 5.64. The maximum Gasteiger partial charge on any atom is 0.262 e. The monoisotopic (exact) mass is 603 g/mol. The predicted molar refractivity (Wildman–Crippen MR) is 161 cm³/mol. The Morgan fingerprint density at radius 3 is 2.26 bits per heavy atom. The number of carbonyl (C=O) groups excluding carboxylic acids is 1. The number of carbonyl (C=O) groups is 1. The van der Waals surface area contributed by atoms with Crippen molar-refractivity contribution in [1.29, 1.82) is 0 Å². The first kappa shape index (κ1) is 28.1. The van der Waals surface area contributed by atoms with Crippen LogP contribution in [-0.4, -0.2) is 46.5 Å². The number of benzene rings is 4. The van der Waals surface area contributed by atoms with Crippen LogP contribution < -0.4 is 14.4 Å². The average molecular weight is 604 g/mol. The zero-order chi connectivity index (χ0) is 29.3. The summed E-state index contributed by atoms with van der Waals surface area (Å²) in [6.45, 7) is 0.542. The summed E-state index contributed by atoms with van der Waals surface area (Å²) in [6, 6.07) is 29.6. The van der Waals surface area contributed by atoms with Crippen molar-refractivity contribution in [3.05, 3.63) is 120 Å². The average Bonchev–Trinajstić information content (AvgIpc) is 3.34. The quantitative estimate of drug-likeness (QED) is 0.273. The molecule has 4 aromatic rings. The molecule has 9 nitrogen and oxygen atoms in total. The Balaban J connectivity index is 1.39. The summed E-state index contributed by atoms with van der Waals surface area (Å²) < 4.78 is 59.0. The van der Waals surface area contributed by atoms with Crippen LogP contribution in [-0.2, 0) is 27.9 Å². The molecule has 2 aliphatic rings. The molecule has 216 valence electrons. The number of rotatable bonds is 8. The smallest absolute Gasteiger partial charge is 0.262 e. The van der Waals surface area contributed by atoms with E-state index in [1.807, 2.05) is 36.4 Å². The van der Waals surface area contributed by atoms with E-state index >= 15 is 0 Å². The largest absolute Gasteiger partial charge is 0.487 e. The third kappa shape index (κ3) is 5.43. The van der Waals surface area contributed by atoms with E-state index in [4.69, 9.17) is 4.74 Å². The number of sulfonamides is 1. The number of nitrogens with one attached hydrogen (secondary N) is 1. The van der Waals surface area contributed by atoms with Gasteiger partial charge in [-0.15, -0.1) is 0 Å². The lowest BCUT2D eigenvalue weighted by Crippen LogP contribution is -2.48. The minimum atomic E-state index is -3.77. The number of piperidine rings is 1. The maximum atomic E-state index is 13.5. The van der Waals surface area contributed by atoms with Gasteiger partial charge in [-0.05, 0) is 47.9 Å². The standard InChI is InChI=1S/C31H29N3O6S2/c35-31(23-12-6-2-7-13-23)32-27-18-25-26-20-33(42(38,39)24-14-8-3-9-15-24)17-16-28(26)34(41(36)37)29(25)19-30(27)40-21-22-10-4-1-5-11-22/h1-15,18-19,26,28H,16-17,20-21H2,(H,32,35)(H,36,37). The van der Waals surface area contributed by atoms with Crippen LogP contribution in [0, 0.1) is 0 Å². The number of hydrogen-bond acceptors (Lipinski definition) is 5. The van der Waals surface area contributed by atoms with E-state index < -0.39 is 33.2 Å². The lowest BCUT2D eigenvalue weighted by molar-refractivity contribution is 0.102. The number of ether oxygens (including phenoxy) is 1. The molecule has 0 bridgehead atoms. The van der Waals surface area contributed by atoms with Crippen molar-refractivity contribution >= 4 is 38.6 Å². The summed E-state index contributed by atoms with van der Waals surface area (Å²) in [7, 11) is -3.77. The maximum absolute atomic E-state index is 13.5. The molecule has 3 unspecified atom stereocenters. The SMILES string of the molecule is O=C(Nc1cc2c(cc1OCc1ccccc1)N(S(=O)O)C1CCN(S(=O)(=O)c3ccccc3)CC21)c1ccccc1. The summed E-state index contributed by atoms with van der Waals surface area (Å²) >= 11 is -2.36. The molecular formula is C31H29N3O6S2. The molecule has 0 saturated carbocycles. The molecule has 1 amide bonds. The van der Waals surface area contributed by atoms with Crippen LogP contribution in [0.2, 0.25) is 0 Å². The summed E-state index contributed by atoms with van der Waals surface area (Å²) in [6.07, 6.45) is 0.351. The van der Waals surface area contributed by atoms with Gasteiger partial charge < -0.3 is 10.1 Å². The van der Waals surface area contributed by atoms with E-state index in [1.165, 1.54) is 8.61 Å². The predicted octanol–water partition coefficient (Wildman–Crippen LogP) is 5.02. The Morgan fingerprint density at radius 1 is 0.952 bits per heavy atom. The third-order valence-corrected chi connectivity index (χ3v) is 10.4. The molecule has 2 heterocycles. The van der Waals surface area contributed by atoms with Crippen molar-refractivity contribution in [2.24, 2.45) is 0 Å². The Morgan fingerprint density at radius 2 is 1.60 bits per heavy atom. The number of hydrogen-bond donors (Lipinski definition) is 2. The normalized spacial score (nSPS) is 19.0. The minimum absolute atomic E-state index is 0.124. The molecule has 1 fully saturated rings. The van der Waals surface area contributed by atoms with Crippen molar-refractivity contribution in [3.63, 3.8) is 0 Å². The van der Waals surface area contributed by atoms with E-state index in [0.29, 0.717) is 34.7 Å². The molecule has 3 atom stereocenters. The van der Waals surface area contributed by atoms with Crippen LogP contribution in [0.15, 0.2) is 108 Å². The molecular weight excluding hydrogens is 574 g/mol. The van der Waals surface area contributed by atoms with Gasteiger partial charge in [0.15, 0.2) is 0 Å². The summed E-state index contributed by atoms with van der Waals surface area (Å²) in [5, 5.41) is 2.95. The van der Waals surface area contributed by atoms with Crippen LogP contribution in [0.25, 0.3) is 0 Å². The molecule has 1 saturated heterocycles. The zero-order valence-electron chi connectivity index (χ0n) is 22.5. The van der Waals surface area contributed by atoms with Crippen molar-refractivity contribution < 1.29 is 26.7 Å². The van der Waals surface area contributed by atoms with Crippen molar-refractivity contribution in [1.82, 2.24) is 4.31 Å². The van der Waals surface area contributed by atoms with Crippen molar-refractivity contribution in [2.75, 3.05) is 22.7 Å². The molecule has 6 rings (SSSR count). The van der Waals surface area contributed by atoms with E-state index in [2.05, 4.69) is 5.32 Å². The topological polar surface area (TPSA) is 116 Å². The molecule has 0 spiro atoms. The van der Waals surface area contributed by atoms with Crippen molar-refractivity contribution in [2.45, 2.75) is 29.9 Å². The number of anilines is 2. The van der Waals surface area contributed by atoms with Crippen LogP contribution in [0.3, 0.4) is 0 Å². The Hall–Kier alpha value is -4.03. The van der Waals surface area contributed by atoms with Gasteiger partial charge in [-0.25, -0.2) is 12.6 Å². The zero-order valence-corrected chi connectivity index (χ0v) is 24.1. The van der Waals surface area contributed by atoms with E-state index in [0.717, 1.165) is 5.56 Å². The molecule has 0 aliphatic carbocycles. The van der Waals surface area contributed by atoms with Gasteiger partial charge in [0.1, 0.15) is 12.4 Å². The van der Waals surface area contributed by atoms with Gasteiger partial charge in [0.25, 0.3) is 17.2 Å². The summed E-state index contributed by atoms with van der Waals surface area (Å²) in [4.78, 5) is 13.4. The van der Waals surface area contributed by atoms with E-state index in [9.17, 15) is 22.0 Å². The lowest BCUT2D eigenvalue weighted by Gasteiger charge is -2.36. The number of amides is 1. The highest BCUT2D eigenvalue weighted by Crippen LogP contribution is 2.49. The molecule has 0 aromatic heterocycles. The lowest BCUT2D eigenvalue weighted by atomic mass is 9.90. The fourth-order valence-corrected chi connectivity index (χ4v) is 7.96. The molecule has 0 radical (unpaired) electrons. The van der Waals surface area contributed by atoms with Crippen molar-refractivity contribution in [3.8, 4) is 5.75 Å². The third-order valence-electron chi connectivity index (χ3n) is 7.68. The molecule has 4 aromatic carbocycles.